The molecule has 0 bridgehead atoms. The van der Waals surface area contributed by atoms with Crippen molar-refractivity contribution in [2.45, 2.75) is 32.7 Å². The molecule has 10 heteroatoms. The van der Waals surface area contributed by atoms with Crippen molar-refractivity contribution in [1.82, 2.24) is 24.3 Å². The predicted octanol–water partition coefficient (Wildman–Crippen LogP) is 3.48. The molecule has 0 fully saturated rings. The number of rotatable bonds is 6. The highest BCUT2D eigenvalue weighted by Gasteiger charge is 2.16. The van der Waals surface area contributed by atoms with E-state index in [2.05, 4.69) is 55.4 Å². The second-order valence-electron chi connectivity index (χ2n) is 6.76. The third-order valence-electron chi connectivity index (χ3n) is 4.60. The molecule has 8 nitrogen and oxygen atoms in total. The molecule has 0 unspecified atom stereocenters. The lowest BCUT2D eigenvalue weighted by atomic mass is 10.1. The summed E-state index contributed by atoms with van der Waals surface area (Å²) in [7, 11) is 1.71. The zero-order chi connectivity index (χ0) is 20.5. The minimum absolute atomic E-state index is 0.152. The number of nitrogens with one attached hydrogen (secondary N) is 1. The Labute approximate surface area is 178 Å². The first kappa shape index (κ1) is 19.7. The Bertz CT molecular complexity index is 1280. The Morgan fingerprint density at radius 3 is 2.97 bits per heavy atom. The monoisotopic (exact) mass is 474 g/mol. The average molecular weight is 475 g/mol. The fourth-order valence-electron chi connectivity index (χ4n) is 3.12. The highest BCUT2D eigenvalue weighted by Crippen LogP contribution is 2.27. The lowest BCUT2D eigenvalue weighted by Crippen LogP contribution is -2.27. The highest BCUT2D eigenvalue weighted by atomic mass is 79.9. The maximum atomic E-state index is 12.7. The van der Waals surface area contributed by atoms with E-state index in [-0.39, 0.29) is 18.0 Å². The minimum atomic E-state index is -0.335. The number of aromatic nitrogens is 5. The van der Waals surface area contributed by atoms with Crippen molar-refractivity contribution in [3.63, 3.8) is 0 Å². The van der Waals surface area contributed by atoms with Crippen LogP contribution in [-0.2, 0) is 24.8 Å². The fraction of sp³-hybridized carbons (Fsp3) is 0.316. The van der Waals surface area contributed by atoms with Gasteiger partial charge in [-0.2, -0.15) is 5.10 Å². The van der Waals surface area contributed by atoms with Gasteiger partial charge in [-0.05, 0) is 46.5 Å². The average Bonchev–Trinajstić information content (AvgIpc) is 3.21. The molecule has 0 aliphatic heterocycles. The maximum Gasteiger partial charge on any atom is 0.266 e. The Morgan fingerprint density at radius 2 is 2.17 bits per heavy atom. The number of halogens is 1. The summed E-state index contributed by atoms with van der Waals surface area (Å²) in [5, 5.41) is 7.79. The molecule has 3 aromatic heterocycles. The van der Waals surface area contributed by atoms with Crippen molar-refractivity contribution >= 4 is 59.6 Å². The number of aryl methyl sites for hydroxylation is 2. The maximum absolute atomic E-state index is 12.7. The number of hydrogen-bond acceptors (Lipinski definition) is 6. The van der Waals surface area contributed by atoms with E-state index in [1.54, 1.807) is 7.05 Å². The summed E-state index contributed by atoms with van der Waals surface area (Å²) in [4.78, 5) is 33.8. The van der Waals surface area contributed by atoms with Crippen LogP contribution < -0.4 is 10.9 Å². The molecule has 0 aliphatic rings. The molecule has 1 aromatic carbocycles. The Kier molecular flexibility index (Phi) is 5.46. The number of anilines is 1. The van der Waals surface area contributed by atoms with E-state index in [4.69, 9.17) is 0 Å². The van der Waals surface area contributed by atoms with Gasteiger partial charge in [-0.3, -0.25) is 14.2 Å². The van der Waals surface area contributed by atoms with Crippen LogP contribution in [0.5, 0.6) is 0 Å². The molecule has 1 N–H and O–H groups in total. The third-order valence-corrected chi connectivity index (χ3v) is 6.09. The Hall–Kier alpha value is -2.59. The summed E-state index contributed by atoms with van der Waals surface area (Å²) >= 11 is 4.70. The molecule has 150 valence electrons. The topological polar surface area (TPSA) is 94.7 Å². The van der Waals surface area contributed by atoms with Crippen molar-refractivity contribution < 1.29 is 4.79 Å². The summed E-state index contributed by atoms with van der Waals surface area (Å²) in [6.07, 6.45) is 4.69. The molecule has 29 heavy (non-hydrogen) atoms. The van der Waals surface area contributed by atoms with Gasteiger partial charge < -0.3 is 5.32 Å². The third kappa shape index (κ3) is 3.95. The van der Waals surface area contributed by atoms with Crippen LogP contribution in [0.2, 0.25) is 0 Å². The smallest absolute Gasteiger partial charge is 0.266 e. The van der Waals surface area contributed by atoms with Gasteiger partial charge in [0.05, 0.1) is 10.2 Å². The first-order valence-electron chi connectivity index (χ1n) is 9.23. The van der Waals surface area contributed by atoms with E-state index in [0.717, 1.165) is 29.5 Å². The number of fused-ring (bicyclic) bond motifs is 2. The zero-order valence-corrected chi connectivity index (χ0v) is 18.4. The first-order chi connectivity index (χ1) is 14.0. The van der Waals surface area contributed by atoms with E-state index in [1.807, 2.05) is 6.07 Å². The van der Waals surface area contributed by atoms with E-state index >= 15 is 0 Å². The molecule has 1 amide bonds. The van der Waals surface area contributed by atoms with Gasteiger partial charge in [-0.25, -0.2) is 14.6 Å². The molecule has 0 spiro atoms. The summed E-state index contributed by atoms with van der Waals surface area (Å²) < 4.78 is 4.22. The quantitative estimate of drug-likeness (QED) is 0.461. The molecule has 0 radical (unpaired) electrons. The normalized spacial score (nSPS) is 11.4. The Balaban J connectivity index is 1.52. The van der Waals surface area contributed by atoms with Gasteiger partial charge in [0.25, 0.3) is 5.56 Å². The molecule has 0 atom stereocenters. The molecule has 4 aromatic rings. The zero-order valence-electron chi connectivity index (χ0n) is 16.0. The minimum Gasteiger partial charge on any atom is -0.300 e. The molecular weight excluding hydrogens is 456 g/mol. The van der Waals surface area contributed by atoms with Crippen molar-refractivity contribution in [2.75, 3.05) is 5.32 Å². The van der Waals surface area contributed by atoms with E-state index in [0.29, 0.717) is 20.8 Å². The fourth-order valence-corrected chi connectivity index (χ4v) is 4.65. The lowest BCUT2D eigenvalue weighted by Gasteiger charge is -2.05. The van der Waals surface area contributed by atoms with Crippen molar-refractivity contribution in [2.24, 2.45) is 7.05 Å². The van der Waals surface area contributed by atoms with Crippen LogP contribution in [0, 0.1) is 0 Å². The summed E-state index contributed by atoms with van der Waals surface area (Å²) in [5.41, 5.74) is 2.26. The summed E-state index contributed by atoms with van der Waals surface area (Å²) in [6.45, 7) is 2.02. The van der Waals surface area contributed by atoms with Gasteiger partial charge in [0, 0.05) is 7.05 Å². The Morgan fingerprint density at radius 1 is 1.34 bits per heavy atom. The summed E-state index contributed by atoms with van der Waals surface area (Å²) in [5.74, 6) is -0.335. The van der Waals surface area contributed by atoms with E-state index < -0.39 is 0 Å². The number of unbranched alkanes of at least 4 members (excludes halogenated alkanes) is 1. The molecule has 3 heterocycles. The lowest BCUT2D eigenvalue weighted by molar-refractivity contribution is -0.116. The van der Waals surface area contributed by atoms with Crippen molar-refractivity contribution in [3.8, 4) is 0 Å². The van der Waals surface area contributed by atoms with Crippen LogP contribution in [0.15, 0.2) is 33.9 Å². The van der Waals surface area contributed by atoms with Gasteiger partial charge in [-0.1, -0.05) is 30.7 Å². The molecular formula is C19H19BrN6O2S. The van der Waals surface area contributed by atoms with Crippen molar-refractivity contribution in [3.05, 3.63) is 45.0 Å². The number of benzene rings is 1. The van der Waals surface area contributed by atoms with Crippen LogP contribution in [0.25, 0.3) is 21.3 Å². The second kappa shape index (κ2) is 8.03. The van der Waals surface area contributed by atoms with Crippen LogP contribution in [0.4, 0.5) is 5.13 Å². The second-order valence-corrected chi connectivity index (χ2v) is 8.55. The molecule has 0 saturated carbocycles. The van der Waals surface area contributed by atoms with Crippen LogP contribution in [0.3, 0.4) is 0 Å². The number of thiazole rings is 1. The van der Waals surface area contributed by atoms with Crippen molar-refractivity contribution in [1.29, 1.82) is 0 Å². The predicted molar refractivity (Wildman–Crippen MR) is 117 cm³/mol. The SMILES string of the molecule is CCCCc1ccc2nc(NC(=O)Cn3cnc4c(c(Br)nn4C)c3=O)sc2c1. The highest BCUT2D eigenvalue weighted by molar-refractivity contribution is 9.10. The van der Waals surface area contributed by atoms with Gasteiger partial charge in [0.1, 0.15) is 22.9 Å². The van der Waals surface area contributed by atoms with Gasteiger partial charge in [-0.15, -0.1) is 0 Å². The van der Waals surface area contributed by atoms with E-state index in [9.17, 15) is 9.59 Å². The standard InChI is InChI=1S/C19H19BrN6O2S/c1-3-4-5-11-6-7-12-13(8-11)29-19(22-12)23-14(27)9-26-10-21-17-15(18(26)28)16(20)24-25(17)2/h6-8,10H,3-5,9H2,1-2H3,(H,22,23,27). The van der Waals surface area contributed by atoms with Crippen LogP contribution >= 0.6 is 27.3 Å². The number of amides is 1. The van der Waals surface area contributed by atoms with Gasteiger partial charge >= 0.3 is 0 Å². The van der Waals surface area contributed by atoms with Gasteiger partial charge in [0.15, 0.2) is 10.8 Å². The number of carbonyl (C=O) groups excluding carboxylic acids is 1. The number of carbonyl (C=O) groups is 1. The number of hydrogen-bond donors (Lipinski definition) is 1. The van der Waals surface area contributed by atoms with Crippen LogP contribution in [0.1, 0.15) is 25.3 Å². The summed E-state index contributed by atoms with van der Waals surface area (Å²) in [6, 6.07) is 6.19. The first-order valence-corrected chi connectivity index (χ1v) is 10.8. The largest absolute Gasteiger partial charge is 0.300 e. The molecule has 4 rings (SSSR count). The number of nitrogens with zero attached hydrogens (tertiary/aromatic N) is 5. The van der Waals surface area contributed by atoms with Gasteiger partial charge in [0.2, 0.25) is 5.91 Å². The van der Waals surface area contributed by atoms with Crippen LogP contribution in [-0.4, -0.2) is 30.2 Å². The molecule has 0 aliphatic carbocycles. The van der Waals surface area contributed by atoms with E-state index in [1.165, 1.54) is 32.5 Å². The molecule has 0 saturated heterocycles.